The standard InChI is InChI=1S/C23H26N2O3S2/c1-2-13-29-16-20(21(24)26)25-22(27)19(14-17-9-5-3-6-10-17)15-30-23(28)18-11-7-4-8-12-18/h2-12,19-20H,1,13-16H2,(H2,24,26)(H,25,27)/t19-,20+/m1/s1. The van der Waals surface area contributed by atoms with Gasteiger partial charge in [0.1, 0.15) is 6.04 Å². The van der Waals surface area contributed by atoms with Crippen molar-refractivity contribution in [3.05, 3.63) is 84.4 Å². The van der Waals surface area contributed by atoms with Gasteiger partial charge in [0.25, 0.3) is 0 Å². The van der Waals surface area contributed by atoms with E-state index in [-0.39, 0.29) is 11.0 Å². The summed E-state index contributed by atoms with van der Waals surface area (Å²) in [5, 5.41) is 2.68. The average molecular weight is 443 g/mol. The largest absolute Gasteiger partial charge is 0.368 e. The first-order chi connectivity index (χ1) is 14.5. The molecular weight excluding hydrogens is 416 g/mol. The van der Waals surface area contributed by atoms with Gasteiger partial charge in [0.15, 0.2) is 0 Å². The second-order valence-electron chi connectivity index (χ2n) is 6.64. The van der Waals surface area contributed by atoms with Crippen molar-refractivity contribution in [2.45, 2.75) is 12.5 Å². The Morgan fingerprint density at radius 2 is 1.63 bits per heavy atom. The van der Waals surface area contributed by atoms with Gasteiger partial charge in [-0.1, -0.05) is 78.5 Å². The van der Waals surface area contributed by atoms with Crippen LogP contribution in [0.15, 0.2) is 73.3 Å². The fourth-order valence-electron chi connectivity index (χ4n) is 2.71. The molecule has 2 rings (SSSR count). The maximum Gasteiger partial charge on any atom is 0.240 e. The molecule has 0 aliphatic heterocycles. The molecule has 0 bridgehead atoms. The second-order valence-corrected chi connectivity index (χ2v) is 8.71. The number of hydrogen-bond donors (Lipinski definition) is 2. The summed E-state index contributed by atoms with van der Waals surface area (Å²) in [6, 6.07) is 17.8. The first kappa shape index (κ1) is 23.8. The average Bonchev–Trinajstić information content (AvgIpc) is 2.76. The summed E-state index contributed by atoms with van der Waals surface area (Å²) in [6.45, 7) is 3.65. The molecule has 30 heavy (non-hydrogen) atoms. The Labute approximate surface area is 185 Å². The van der Waals surface area contributed by atoms with Crippen molar-refractivity contribution in [1.82, 2.24) is 5.32 Å². The van der Waals surface area contributed by atoms with Gasteiger partial charge in [-0.25, -0.2) is 0 Å². The van der Waals surface area contributed by atoms with Crippen LogP contribution in [-0.2, 0) is 16.0 Å². The maximum atomic E-state index is 13.0. The topological polar surface area (TPSA) is 89.3 Å². The lowest BCUT2D eigenvalue weighted by Gasteiger charge is -2.20. The SMILES string of the molecule is C=CCSC[C@H](NC(=O)[C@@H](CSC(=O)c1ccccc1)Cc1ccccc1)C(N)=O. The fraction of sp³-hybridized carbons (Fsp3) is 0.261. The van der Waals surface area contributed by atoms with Crippen LogP contribution in [0.4, 0.5) is 0 Å². The van der Waals surface area contributed by atoms with Crippen molar-refractivity contribution in [2.24, 2.45) is 11.7 Å². The summed E-state index contributed by atoms with van der Waals surface area (Å²) in [4.78, 5) is 37.2. The van der Waals surface area contributed by atoms with E-state index in [2.05, 4.69) is 11.9 Å². The Morgan fingerprint density at radius 1 is 1.00 bits per heavy atom. The number of nitrogens with two attached hydrogens (primary N) is 1. The lowest BCUT2D eigenvalue weighted by molar-refractivity contribution is -0.129. The monoisotopic (exact) mass is 442 g/mol. The molecule has 7 heteroatoms. The van der Waals surface area contributed by atoms with Crippen LogP contribution >= 0.6 is 23.5 Å². The van der Waals surface area contributed by atoms with E-state index in [1.807, 2.05) is 36.4 Å². The zero-order valence-electron chi connectivity index (χ0n) is 16.7. The van der Waals surface area contributed by atoms with Gasteiger partial charge in [0, 0.05) is 22.8 Å². The Bertz CT molecular complexity index is 844. The predicted octanol–water partition coefficient (Wildman–Crippen LogP) is 3.31. The first-order valence-corrected chi connectivity index (χ1v) is 11.7. The number of carbonyl (C=O) groups excluding carboxylic acids is 3. The van der Waals surface area contributed by atoms with Crippen LogP contribution in [0.1, 0.15) is 15.9 Å². The molecular formula is C23H26N2O3S2. The third-order valence-corrected chi connectivity index (χ3v) is 6.41. The maximum absolute atomic E-state index is 13.0. The lowest BCUT2D eigenvalue weighted by Crippen LogP contribution is -2.49. The number of thioether (sulfide) groups is 2. The second kappa shape index (κ2) is 12.9. The molecule has 0 fully saturated rings. The summed E-state index contributed by atoms with van der Waals surface area (Å²) in [7, 11) is 0. The molecule has 0 spiro atoms. The Kier molecular flexibility index (Phi) is 10.2. The van der Waals surface area contributed by atoms with Crippen molar-refractivity contribution in [3.8, 4) is 0 Å². The fourth-order valence-corrected chi connectivity index (χ4v) is 4.42. The quantitative estimate of drug-likeness (QED) is 0.389. The van der Waals surface area contributed by atoms with Crippen LogP contribution in [0.3, 0.4) is 0 Å². The number of primary amides is 1. The van der Waals surface area contributed by atoms with Gasteiger partial charge < -0.3 is 11.1 Å². The van der Waals surface area contributed by atoms with Crippen molar-refractivity contribution in [1.29, 1.82) is 0 Å². The Hall–Kier alpha value is -2.51. The minimum Gasteiger partial charge on any atom is -0.368 e. The highest BCUT2D eigenvalue weighted by molar-refractivity contribution is 8.14. The third kappa shape index (κ3) is 8.08. The number of hydrogen-bond acceptors (Lipinski definition) is 5. The smallest absolute Gasteiger partial charge is 0.240 e. The number of carbonyl (C=O) groups is 3. The third-order valence-electron chi connectivity index (χ3n) is 4.30. The van der Waals surface area contributed by atoms with Crippen LogP contribution in [0.5, 0.6) is 0 Å². The molecule has 0 aliphatic carbocycles. The van der Waals surface area contributed by atoms with E-state index >= 15 is 0 Å². The van der Waals surface area contributed by atoms with E-state index in [1.165, 1.54) is 11.8 Å². The van der Waals surface area contributed by atoms with Crippen molar-refractivity contribution in [2.75, 3.05) is 17.3 Å². The molecule has 0 unspecified atom stereocenters. The molecule has 2 aromatic carbocycles. The van der Waals surface area contributed by atoms with Gasteiger partial charge in [-0.3, -0.25) is 14.4 Å². The molecule has 0 saturated heterocycles. The predicted molar refractivity (Wildman–Crippen MR) is 126 cm³/mol. The Balaban J connectivity index is 2.07. The van der Waals surface area contributed by atoms with Gasteiger partial charge in [-0.15, -0.1) is 6.58 Å². The lowest BCUT2D eigenvalue weighted by atomic mass is 10.00. The summed E-state index contributed by atoms with van der Waals surface area (Å²) in [6.07, 6.45) is 2.20. The minimum atomic E-state index is -0.768. The van der Waals surface area contributed by atoms with Crippen LogP contribution in [0, 0.1) is 5.92 Å². The van der Waals surface area contributed by atoms with Gasteiger partial charge >= 0.3 is 0 Å². The molecule has 2 aromatic rings. The molecule has 0 aromatic heterocycles. The molecule has 0 heterocycles. The summed E-state index contributed by atoms with van der Waals surface area (Å²) in [5.41, 5.74) is 7.05. The normalized spacial score (nSPS) is 12.5. The molecule has 158 valence electrons. The highest BCUT2D eigenvalue weighted by Crippen LogP contribution is 2.20. The van der Waals surface area contributed by atoms with Gasteiger partial charge in [0.2, 0.25) is 16.9 Å². The first-order valence-electron chi connectivity index (χ1n) is 9.55. The van der Waals surface area contributed by atoms with Crippen LogP contribution in [0.2, 0.25) is 0 Å². The van der Waals surface area contributed by atoms with E-state index in [0.717, 1.165) is 17.3 Å². The molecule has 0 aliphatic rings. The summed E-state index contributed by atoms with van der Waals surface area (Å²) < 4.78 is 0. The van der Waals surface area contributed by atoms with E-state index in [0.29, 0.717) is 29.2 Å². The van der Waals surface area contributed by atoms with Gasteiger partial charge in [-0.05, 0) is 12.0 Å². The molecule has 2 atom stereocenters. The van der Waals surface area contributed by atoms with Gasteiger partial charge in [0.05, 0.1) is 5.92 Å². The number of rotatable bonds is 12. The van der Waals surface area contributed by atoms with Gasteiger partial charge in [-0.2, -0.15) is 11.8 Å². The van der Waals surface area contributed by atoms with Crippen LogP contribution in [0.25, 0.3) is 0 Å². The van der Waals surface area contributed by atoms with E-state index in [4.69, 9.17) is 5.73 Å². The van der Waals surface area contributed by atoms with Crippen molar-refractivity contribution >= 4 is 40.5 Å². The van der Waals surface area contributed by atoms with Crippen molar-refractivity contribution < 1.29 is 14.4 Å². The minimum absolute atomic E-state index is 0.0885. The van der Waals surface area contributed by atoms with E-state index in [9.17, 15) is 14.4 Å². The molecule has 5 nitrogen and oxygen atoms in total. The van der Waals surface area contributed by atoms with Crippen molar-refractivity contribution in [3.63, 3.8) is 0 Å². The van der Waals surface area contributed by atoms with Crippen LogP contribution < -0.4 is 11.1 Å². The van der Waals surface area contributed by atoms with E-state index in [1.54, 1.807) is 30.3 Å². The highest BCUT2D eigenvalue weighted by Gasteiger charge is 2.25. The molecule has 2 amide bonds. The molecule has 0 saturated carbocycles. The van der Waals surface area contributed by atoms with Crippen LogP contribution in [-0.4, -0.2) is 40.2 Å². The zero-order chi connectivity index (χ0) is 21.8. The number of benzene rings is 2. The summed E-state index contributed by atoms with van der Waals surface area (Å²) >= 11 is 2.58. The molecule has 3 N–H and O–H groups in total. The van der Waals surface area contributed by atoms with E-state index < -0.39 is 17.9 Å². The highest BCUT2D eigenvalue weighted by atomic mass is 32.2. The Morgan fingerprint density at radius 3 is 2.23 bits per heavy atom. The molecule has 0 radical (unpaired) electrons. The number of amides is 2. The summed E-state index contributed by atoms with van der Waals surface area (Å²) in [5.74, 6) is 0.00750. The zero-order valence-corrected chi connectivity index (χ0v) is 18.3. The number of nitrogens with one attached hydrogen (secondary N) is 1.